The highest BCUT2D eigenvalue weighted by Gasteiger charge is 2.30. The average molecular weight is 314 g/mol. The zero-order valence-corrected chi connectivity index (χ0v) is 12.0. The summed E-state index contributed by atoms with van der Waals surface area (Å²) < 4.78 is 36.8. The first-order valence-electron chi connectivity index (χ1n) is 6.58. The molecule has 0 saturated carbocycles. The van der Waals surface area contributed by atoms with Crippen molar-refractivity contribution < 1.29 is 22.8 Å². The van der Waals surface area contributed by atoms with E-state index in [2.05, 4.69) is 17.2 Å². The van der Waals surface area contributed by atoms with Gasteiger partial charge in [-0.2, -0.15) is 13.2 Å². The number of rotatable bonds is 6. The highest BCUT2D eigenvalue weighted by molar-refractivity contribution is 5.96. The molecule has 22 heavy (non-hydrogen) atoms. The second-order valence-corrected chi connectivity index (χ2v) is 4.77. The van der Waals surface area contributed by atoms with E-state index in [1.165, 1.54) is 13.0 Å². The summed E-state index contributed by atoms with van der Waals surface area (Å²) in [6.07, 6.45) is -4.35. The highest BCUT2D eigenvalue weighted by atomic mass is 19.4. The number of nitrogens with one attached hydrogen (secondary N) is 2. The predicted octanol–water partition coefficient (Wildman–Crippen LogP) is 2.56. The second-order valence-electron chi connectivity index (χ2n) is 4.77. The largest absolute Gasteiger partial charge is 0.391 e. The van der Waals surface area contributed by atoms with E-state index in [-0.39, 0.29) is 12.1 Å². The Labute approximate surface area is 126 Å². The lowest BCUT2D eigenvalue weighted by molar-refractivity contribution is -0.138. The SMILES string of the molecule is C=CC(=O)NCc1ccccc1C(=O)NC(C)CC(F)(F)F. The molecule has 7 heteroatoms. The Kier molecular flexibility index (Phi) is 6.15. The maximum Gasteiger partial charge on any atom is 0.391 e. The summed E-state index contributed by atoms with van der Waals surface area (Å²) in [7, 11) is 0. The van der Waals surface area contributed by atoms with Gasteiger partial charge < -0.3 is 10.6 Å². The van der Waals surface area contributed by atoms with Crippen molar-refractivity contribution in [2.45, 2.75) is 32.1 Å². The first-order chi connectivity index (χ1) is 10.2. The lowest BCUT2D eigenvalue weighted by atomic mass is 10.1. The smallest absolute Gasteiger partial charge is 0.349 e. The van der Waals surface area contributed by atoms with Crippen molar-refractivity contribution in [2.75, 3.05) is 0 Å². The van der Waals surface area contributed by atoms with Gasteiger partial charge in [-0.25, -0.2) is 0 Å². The minimum atomic E-state index is -4.34. The van der Waals surface area contributed by atoms with Crippen molar-refractivity contribution in [3.8, 4) is 0 Å². The van der Waals surface area contributed by atoms with E-state index >= 15 is 0 Å². The van der Waals surface area contributed by atoms with Gasteiger partial charge in [0.05, 0.1) is 6.42 Å². The van der Waals surface area contributed by atoms with Crippen molar-refractivity contribution in [1.29, 1.82) is 0 Å². The van der Waals surface area contributed by atoms with Gasteiger partial charge >= 0.3 is 6.18 Å². The minimum absolute atomic E-state index is 0.0854. The number of alkyl halides is 3. The molecule has 1 atom stereocenters. The summed E-state index contributed by atoms with van der Waals surface area (Å²) in [5.74, 6) is -1.01. The van der Waals surface area contributed by atoms with Crippen LogP contribution in [0.15, 0.2) is 36.9 Å². The van der Waals surface area contributed by atoms with Crippen LogP contribution in [-0.4, -0.2) is 24.0 Å². The Hall–Kier alpha value is -2.31. The van der Waals surface area contributed by atoms with Gasteiger partial charge in [0.15, 0.2) is 0 Å². The average Bonchev–Trinajstić information content (AvgIpc) is 2.42. The van der Waals surface area contributed by atoms with Gasteiger partial charge in [-0.3, -0.25) is 9.59 Å². The van der Waals surface area contributed by atoms with Crippen LogP contribution >= 0.6 is 0 Å². The summed E-state index contributed by atoms with van der Waals surface area (Å²) in [6, 6.07) is 5.34. The van der Waals surface area contributed by atoms with Crippen LogP contribution in [0.3, 0.4) is 0 Å². The predicted molar refractivity (Wildman–Crippen MR) is 76.1 cm³/mol. The van der Waals surface area contributed by atoms with Crippen LogP contribution in [0.2, 0.25) is 0 Å². The zero-order chi connectivity index (χ0) is 16.8. The number of halogens is 3. The maximum atomic E-state index is 12.3. The second kappa shape index (κ2) is 7.63. The molecule has 0 radical (unpaired) electrons. The van der Waals surface area contributed by atoms with Gasteiger partial charge in [-0.15, -0.1) is 0 Å². The normalized spacial score (nSPS) is 12.4. The lowest BCUT2D eigenvalue weighted by Crippen LogP contribution is -2.36. The molecule has 0 saturated heterocycles. The molecular formula is C15H17F3N2O2. The zero-order valence-electron chi connectivity index (χ0n) is 12.0. The van der Waals surface area contributed by atoms with Crippen LogP contribution < -0.4 is 10.6 Å². The third-order valence-electron chi connectivity index (χ3n) is 2.82. The van der Waals surface area contributed by atoms with Crippen LogP contribution in [-0.2, 0) is 11.3 Å². The molecule has 0 aromatic heterocycles. The Morgan fingerprint density at radius 3 is 2.55 bits per heavy atom. The molecule has 0 fully saturated rings. The maximum absolute atomic E-state index is 12.3. The minimum Gasteiger partial charge on any atom is -0.349 e. The van der Waals surface area contributed by atoms with Crippen LogP contribution in [0.1, 0.15) is 29.3 Å². The molecule has 2 amide bonds. The number of carbonyl (C=O) groups is 2. The van der Waals surface area contributed by atoms with Crippen LogP contribution in [0.5, 0.6) is 0 Å². The Morgan fingerprint density at radius 1 is 1.32 bits per heavy atom. The quantitative estimate of drug-likeness (QED) is 0.793. The number of benzene rings is 1. The Balaban J connectivity index is 2.76. The van der Waals surface area contributed by atoms with E-state index < -0.39 is 30.5 Å². The van der Waals surface area contributed by atoms with Gasteiger partial charge in [0.1, 0.15) is 0 Å². The molecule has 0 aliphatic rings. The van der Waals surface area contributed by atoms with Crippen molar-refractivity contribution in [1.82, 2.24) is 10.6 Å². The van der Waals surface area contributed by atoms with Crippen LogP contribution in [0.4, 0.5) is 13.2 Å². The van der Waals surface area contributed by atoms with E-state index in [0.29, 0.717) is 5.56 Å². The van der Waals surface area contributed by atoms with E-state index in [1.54, 1.807) is 18.2 Å². The first-order valence-corrected chi connectivity index (χ1v) is 6.58. The van der Waals surface area contributed by atoms with Gasteiger partial charge in [0, 0.05) is 18.2 Å². The molecule has 120 valence electrons. The van der Waals surface area contributed by atoms with Gasteiger partial charge in [0.25, 0.3) is 5.91 Å². The fraction of sp³-hybridized carbons (Fsp3) is 0.333. The van der Waals surface area contributed by atoms with Crippen molar-refractivity contribution in [2.24, 2.45) is 0 Å². The van der Waals surface area contributed by atoms with Crippen molar-refractivity contribution >= 4 is 11.8 Å². The van der Waals surface area contributed by atoms with E-state index in [9.17, 15) is 22.8 Å². The first kappa shape index (κ1) is 17.7. The fourth-order valence-corrected chi connectivity index (χ4v) is 1.85. The third kappa shape index (κ3) is 5.99. The molecule has 4 nitrogen and oxygen atoms in total. The molecule has 0 spiro atoms. The number of hydrogen-bond donors (Lipinski definition) is 2. The monoisotopic (exact) mass is 314 g/mol. The summed E-state index contributed by atoms with van der Waals surface area (Å²) in [5.41, 5.74) is 0.732. The molecule has 1 rings (SSSR count). The number of carbonyl (C=O) groups excluding carboxylic acids is 2. The van der Waals surface area contributed by atoms with E-state index in [0.717, 1.165) is 6.08 Å². The van der Waals surface area contributed by atoms with E-state index in [4.69, 9.17) is 0 Å². The standard InChI is InChI=1S/C15H17F3N2O2/c1-3-13(21)19-9-11-6-4-5-7-12(11)14(22)20-10(2)8-15(16,17)18/h3-7,10H,1,8-9H2,2H3,(H,19,21)(H,20,22). The molecule has 0 heterocycles. The molecule has 0 bridgehead atoms. The Morgan fingerprint density at radius 2 is 1.95 bits per heavy atom. The lowest BCUT2D eigenvalue weighted by Gasteiger charge is -2.17. The summed E-state index contributed by atoms with van der Waals surface area (Å²) in [5, 5.41) is 4.82. The molecule has 1 aromatic rings. The van der Waals surface area contributed by atoms with Gasteiger partial charge in [-0.1, -0.05) is 24.8 Å². The molecular weight excluding hydrogens is 297 g/mol. The molecule has 1 unspecified atom stereocenters. The molecule has 0 aliphatic carbocycles. The van der Waals surface area contributed by atoms with Gasteiger partial charge in [-0.05, 0) is 24.6 Å². The Bertz CT molecular complexity index is 556. The summed E-state index contributed by atoms with van der Waals surface area (Å²) in [4.78, 5) is 23.2. The van der Waals surface area contributed by atoms with Crippen LogP contribution in [0.25, 0.3) is 0 Å². The number of amides is 2. The topological polar surface area (TPSA) is 58.2 Å². The summed E-state index contributed by atoms with van der Waals surface area (Å²) in [6.45, 7) is 4.68. The highest BCUT2D eigenvalue weighted by Crippen LogP contribution is 2.21. The van der Waals surface area contributed by atoms with Crippen LogP contribution in [0, 0.1) is 0 Å². The van der Waals surface area contributed by atoms with Gasteiger partial charge in [0.2, 0.25) is 5.91 Å². The number of hydrogen-bond acceptors (Lipinski definition) is 2. The van der Waals surface area contributed by atoms with Crippen molar-refractivity contribution in [3.05, 3.63) is 48.0 Å². The molecule has 2 N–H and O–H groups in total. The third-order valence-corrected chi connectivity index (χ3v) is 2.82. The molecule has 1 aromatic carbocycles. The van der Waals surface area contributed by atoms with Crippen molar-refractivity contribution in [3.63, 3.8) is 0 Å². The summed E-state index contributed by atoms with van der Waals surface area (Å²) >= 11 is 0. The fourth-order valence-electron chi connectivity index (χ4n) is 1.85. The van der Waals surface area contributed by atoms with E-state index in [1.807, 2.05) is 0 Å². The molecule has 0 aliphatic heterocycles.